The largest absolute Gasteiger partial charge is 0.508 e. The second kappa shape index (κ2) is 8.73. The molecule has 3 aromatic rings. The molecule has 0 atom stereocenters. The maximum absolute atomic E-state index is 12.2. The van der Waals surface area contributed by atoms with Gasteiger partial charge in [-0.25, -0.2) is 15.0 Å². The Morgan fingerprint density at radius 2 is 1.93 bits per heavy atom. The fraction of sp³-hybridized carbons (Fsp3) is 0.250. The van der Waals surface area contributed by atoms with Crippen LogP contribution < -0.4 is 9.99 Å². The number of phenolic OH excluding ortho intramolecular Hbond substituents is 1. The van der Waals surface area contributed by atoms with E-state index >= 15 is 0 Å². The second-order valence-corrected chi connectivity index (χ2v) is 6.94. The van der Waals surface area contributed by atoms with Gasteiger partial charge in [-0.3, -0.25) is 4.79 Å². The molecule has 0 saturated carbocycles. The van der Waals surface area contributed by atoms with Crippen molar-refractivity contribution in [3.8, 4) is 5.75 Å². The predicted molar refractivity (Wildman–Crippen MR) is 108 cm³/mol. The van der Waals surface area contributed by atoms with Crippen LogP contribution >= 0.6 is 11.8 Å². The van der Waals surface area contributed by atoms with Crippen LogP contribution in [-0.4, -0.2) is 27.5 Å². The van der Waals surface area contributed by atoms with Gasteiger partial charge in [-0.2, -0.15) is 5.10 Å². The van der Waals surface area contributed by atoms with E-state index in [4.69, 9.17) is 0 Å². The first-order chi connectivity index (χ1) is 13.1. The molecule has 0 aliphatic rings. The molecule has 0 radical (unpaired) electrons. The van der Waals surface area contributed by atoms with Crippen molar-refractivity contribution >= 4 is 34.4 Å². The van der Waals surface area contributed by atoms with Gasteiger partial charge in [0.1, 0.15) is 5.75 Å². The molecule has 1 heterocycles. The van der Waals surface area contributed by atoms with Gasteiger partial charge in [0.25, 0.3) is 5.91 Å². The SMILES string of the molecule is CC/C(=N/NC(=O)CSc1[nH]c2ccccc2[n+]1CC)c1ccc(O)cc1. The lowest BCUT2D eigenvalue weighted by atomic mass is 10.1. The maximum Gasteiger partial charge on any atom is 0.317 e. The highest BCUT2D eigenvalue weighted by Crippen LogP contribution is 2.17. The standard InChI is InChI=1S/C20H22N4O2S/c1-3-16(14-9-11-15(25)12-10-14)22-23-19(26)13-27-20-21-17-7-5-6-8-18(17)24(20)4-2/h5-12H,3-4,13H2,1-2H3,(H2,22,23,25,26)/p+1. The molecule has 0 aliphatic carbocycles. The van der Waals surface area contributed by atoms with Crippen molar-refractivity contribution in [1.82, 2.24) is 10.4 Å². The lowest BCUT2D eigenvalue weighted by molar-refractivity contribution is -0.705. The molecule has 0 aliphatic heterocycles. The summed E-state index contributed by atoms with van der Waals surface area (Å²) in [5.74, 6) is 0.311. The van der Waals surface area contributed by atoms with Crippen LogP contribution in [0.3, 0.4) is 0 Å². The summed E-state index contributed by atoms with van der Waals surface area (Å²) in [7, 11) is 0. The number of hydrogen-bond acceptors (Lipinski definition) is 4. The Bertz CT molecular complexity index is 964. The Balaban J connectivity index is 1.65. The van der Waals surface area contributed by atoms with Crippen LogP contribution in [-0.2, 0) is 11.3 Å². The molecule has 0 fully saturated rings. The number of aryl methyl sites for hydroxylation is 1. The van der Waals surface area contributed by atoms with Crippen molar-refractivity contribution in [3.05, 3.63) is 54.1 Å². The minimum atomic E-state index is -0.161. The number of phenols is 1. The fourth-order valence-corrected chi connectivity index (χ4v) is 3.73. The van der Waals surface area contributed by atoms with E-state index in [0.29, 0.717) is 6.42 Å². The quantitative estimate of drug-likeness (QED) is 0.254. The Kier molecular flexibility index (Phi) is 6.13. The number of carbonyl (C=O) groups is 1. The van der Waals surface area contributed by atoms with Gasteiger partial charge < -0.3 is 5.11 Å². The van der Waals surface area contributed by atoms with Gasteiger partial charge in [-0.1, -0.05) is 19.1 Å². The number of benzene rings is 2. The Morgan fingerprint density at radius 3 is 2.63 bits per heavy atom. The number of thioether (sulfide) groups is 1. The number of rotatable bonds is 7. The minimum absolute atomic E-state index is 0.161. The zero-order chi connectivity index (χ0) is 19.2. The molecule has 0 unspecified atom stereocenters. The number of hydrogen-bond donors (Lipinski definition) is 3. The van der Waals surface area contributed by atoms with Gasteiger partial charge in [-0.15, -0.1) is 0 Å². The van der Waals surface area contributed by atoms with Crippen LogP contribution in [0, 0.1) is 0 Å². The molecule has 1 amide bonds. The third-order valence-corrected chi connectivity index (χ3v) is 5.19. The third kappa shape index (κ3) is 4.49. The molecule has 0 bridgehead atoms. The molecular weight excluding hydrogens is 360 g/mol. The summed E-state index contributed by atoms with van der Waals surface area (Å²) in [5.41, 5.74) is 6.46. The van der Waals surface area contributed by atoms with Gasteiger partial charge in [-0.05, 0) is 67.1 Å². The number of aromatic hydroxyl groups is 1. The molecule has 140 valence electrons. The number of imidazole rings is 1. The summed E-state index contributed by atoms with van der Waals surface area (Å²) in [6.45, 7) is 4.88. The van der Waals surface area contributed by atoms with Crippen LogP contribution in [0.25, 0.3) is 11.0 Å². The highest BCUT2D eigenvalue weighted by atomic mass is 32.2. The van der Waals surface area contributed by atoms with E-state index in [-0.39, 0.29) is 17.4 Å². The molecule has 3 N–H and O–H groups in total. The van der Waals surface area contributed by atoms with Crippen LogP contribution in [0.1, 0.15) is 25.8 Å². The van der Waals surface area contributed by atoms with E-state index in [1.54, 1.807) is 24.3 Å². The van der Waals surface area contributed by atoms with Crippen LogP contribution in [0.5, 0.6) is 5.75 Å². The van der Waals surface area contributed by atoms with Crippen molar-refractivity contribution in [2.75, 3.05) is 5.75 Å². The van der Waals surface area contributed by atoms with Gasteiger partial charge >= 0.3 is 5.16 Å². The monoisotopic (exact) mass is 383 g/mol. The summed E-state index contributed by atoms with van der Waals surface area (Å²) >= 11 is 1.46. The first-order valence-corrected chi connectivity index (χ1v) is 9.89. The Hall–Kier alpha value is -2.80. The molecule has 0 spiro atoms. The normalized spacial score (nSPS) is 11.7. The molecule has 2 aromatic carbocycles. The van der Waals surface area contributed by atoms with Crippen molar-refractivity contribution < 1.29 is 14.5 Å². The molecule has 6 nitrogen and oxygen atoms in total. The number of para-hydroxylation sites is 2. The van der Waals surface area contributed by atoms with Gasteiger partial charge in [0.05, 0.1) is 18.0 Å². The number of nitrogens with one attached hydrogen (secondary N) is 2. The zero-order valence-corrected chi connectivity index (χ0v) is 16.2. The minimum Gasteiger partial charge on any atom is -0.508 e. The number of H-pyrrole nitrogens is 1. The lowest BCUT2D eigenvalue weighted by Crippen LogP contribution is -2.34. The van der Waals surface area contributed by atoms with Crippen molar-refractivity contribution in [1.29, 1.82) is 0 Å². The van der Waals surface area contributed by atoms with E-state index in [1.807, 2.05) is 25.1 Å². The molecule has 3 rings (SSSR count). The van der Waals surface area contributed by atoms with E-state index in [2.05, 4.69) is 33.1 Å². The van der Waals surface area contributed by atoms with Crippen LogP contribution in [0.2, 0.25) is 0 Å². The molecule has 7 heteroatoms. The van der Waals surface area contributed by atoms with E-state index in [0.717, 1.165) is 34.0 Å². The first kappa shape index (κ1) is 19.0. The number of nitrogens with zero attached hydrogens (tertiary/aromatic N) is 2. The zero-order valence-electron chi connectivity index (χ0n) is 15.4. The number of carbonyl (C=O) groups excluding carboxylic acids is 1. The van der Waals surface area contributed by atoms with E-state index in [1.165, 1.54) is 11.8 Å². The highest BCUT2D eigenvalue weighted by molar-refractivity contribution is 7.99. The van der Waals surface area contributed by atoms with E-state index in [9.17, 15) is 9.90 Å². The van der Waals surface area contributed by atoms with Crippen LogP contribution in [0.15, 0.2) is 58.8 Å². The van der Waals surface area contributed by atoms with Gasteiger partial charge in [0, 0.05) is 0 Å². The number of hydrazone groups is 1. The summed E-state index contributed by atoms with van der Waals surface area (Å²) in [6.07, 6.45) is 0.677. The first-order valence-electron chi connectivity index (χ1n) is 8.90. The fourth-order valence-electron chi connectivity index (χ4n) is 2.83. The van der Waals surface area contributed by atoms with Crippen LogP contribution in [0.4, 0.5) is 0 Å². The van der Waals surface area contributed by atoms with Gasteiger partial charge in [0.15, 0.2) is 11.0 Å². The highest BCUT2D eigenvalue weighted by Gasteiger charge is 2.18. The summed E-state index contributed by atoms with van der Waals surface area (Å²) < 4.78 is 2.16. The third-order valence-electron chi connectivity index (χ3n) is 4.19. The van der Waals surface area contributed by atoms with Crippen molar-refractivity contribution in [2.24, 2.45) is 5.10 Å². The van der Waals surface area contributed by atoms with E-state index < -0.39 is 0 Å². The molecule has 1 aromatic heterocycles. The van der Waals surface area contributed by atoms with Gasteiger partial charge in [0.2, 0.25) is 0 Å². The number of fused-ring (bicyclic) bond motifs is 1. The van der Waals surface area contributed by atoms with Crippen molar-refractivity contribution in [3.63, 3.8) is 0 Å². The lowest BCUT2D eigenvalue weighted by Gasteiger charge is -2.05. The Morgan fingerprint density at radius 1 is 1.19 bits per heavy atom. The number of aromatic amines is 1. The molecule has 0 saturated heterocycles. The number of amides is 1. The summed E-state index contributed by atoms with van der Waals surface area (Å²) in [5, 5.41) is 14.6. The predicted octanol–water partition coefficient (Wildman–Crippen LogP) is 3.20. The van der Waals surface area contributed by atoms with Crippen molar-refractivity contribution in [2.45, 2.75) is 32.0 Å². The average molecular weight is 383 g/mol. The summed E-state index contributed by atoms with van der Waals surface area (Å²) in [6, 6.07) is 14.9. The Labute approximate surface area is 162 Å². The number of aromatic nitrogens is 2. The second-order valence-electron chi connectivity index (χ2n) is 5.97. The topological polar surface area (TPSA) is 81.4 Å². The molecule has 27 heavy (non-hydrogen) atoms. The average Bonchev–Trinajstić information content (AvgIpc) is 3.05. The summed E-state index contributed by atoms with van der Waals surface area (Å²) in [4.78, 5) is 15.6. The molecular formula is C20H23N4O2S+. The maximum atomic E-state index is 12.2. The smallest absolute Gasteiger partial charge is 0.317 e.